The minimum absolute atomic E-state index is 0.166. The van der Waals surface area contributed by atoms with Crippen molar-refractivity contribution in [3.8, 4) is 0 Å². The van der Waals surface area contributed by atoms with E-state index in [-0.39, 0.29) is 5.76 Å². The first-order valence-electron chi connectivity index (χ1n) is 6.12. The number of nitrogens with one attached hydrogen (secondary N) is 3. The largest absolute Gasteiger partial charge is 0.451 e. The molecule has 0 saturated carbocycles. The monoisotopic (exact) mass is 327 g/mol. The summed E-state index contributed by atoms with van der Waals surface area (Å²) in [7, 11) is 1.59. The highest BCUT2D eigenvalue weighted by Crippen LogP contribution is 2.22. The van der Waals surface area contributed by atoms with E-state index in [2.05, 4.69) is 16.2 Å². The fraction of sp³-hybridized carbons (Fsp3) is 0.231. The molecule has 2 rings (SSSR count). The molecule has 0 radical (unpaired) electrons. The van der Waals surface area contributed by atoms with Gasteiger partial charge in [0.2, 0.25) is 0 Å². The number of carbonyl (C=O) groups is 1. The third kappa shape index (κ3) is 4.32. The lowest BCUT2D eigenvalue weighted by Crippen LogP contribution is -2.47. The standard InChI is InChI=1S/C13H14ClN3O3S/c1-19-5-4-15-13(21)17-16-12(18)11-7-8-6-9(14)2-3-10(8)20-11/h2-3,6-7H,4-5H2,1H3,(H,16,18)(H2,15,17,21). The smallest absolute Gasteiger partial charge is 0.305 e. The van der Waals surface area contributed by atoms with Crippen molar-refractivity contribution in [2.45, 2.75) is 0 Å². The Bertz CT molecular complexity index is 659. The third-order valence-corrected chi connectivity index (χ3v) is 3.06. The number of hydrogen-bond donors (Lipinski definition) is 3. The summed E-state index contributed by atoms with van der Waals surface area (Å²) in [5, 5.41) is 4.49. The fourth-order valence-electron chi connectivity index (χ4n) is 1.61. The number of halogens is 1. The molecule has 0 spiro atoms. The van der Waals surface area contributed by atoms with Gasteiger partial charge in [-0.15, -0.1) is 0 Å². The molecule has 3 N–H and O–H groups in total. The van der Waals surface area contributed by atoms with E-state index in [0.717, 1.165) is 5.39 Å². The van der Waals surface area contributed by atoms with E-state index in [9.17, 15) is 4.79 Å². The van der Waals surface area contributed by atoms with Gasteiger partial charge < -0.3 is 14.5 Å². The van der Waals surface area contributed by atoms with Crippen LogP contribution in [0.5, 0.6) is 0 Å². The Kier molecular flexibility index (Phi) is 5.38. The van der Waals surface area contributed by atoms with Crippen LogP contribution in [0.25, 0.3) is 11.0 Å². The minimum atomic E-state index is -0.432. The molecule has 0 saturated heterocycles. The van der Waals surface area contributed by atoms with Gasteiger partial charge in [-0.1, -0.05) is 11.6 Å². The molecule has 0 aliphatic carbocycles. The van der Waals surface area contributed by atoms with Gasteiger partial charge in [0.1, 0.15) is 5.58 Å². The van der Waals surface area contributed by atoms with Crippen LogP contribution in [0.15, 0.2) is 28.7 Å². The molecule has 2 aromatic rings. The third-order valence-electron chi connectivity index (χ3n) is 2.58. The van der Waals surface area contributed by atoms with Gasteiger partial charge in [0.05, 0.1) is 6.61 Å². The van der Waals surface area contributed by atoms with Crippen LogP contribution in [0.4, 0.5) is 0 Å². The summed E-state index contributed by atoms with van der Waals surface area (Å²) >= 11 is 10.9. The van der Waals surface area contributed by atoms with Crippen LogP contribution in [-0.4, -0.2) is 31.3 Å². The maximum atomic E-state index is 11.9. The van der Waals surface area contributed by atoms with Crippen molar-refractivity contribution >= 4 is 45.8 Å². The highest BCUT2D eigenvalue weighted by molar-refractivity contribution is 7.80. The molecular formula is C13H14ClN3O3S. The van der Waals surface area contributed by atoms with Gasteiger partial charge in [-0.05, 0) is 36.5 Å². The maximum absolute atomic E-state index is 11.9. The van der Waals surface area contributed by atoms with Crippen molar-refractivity contribution in [3.05, 3.63) is 35.0 Å². The molecule has 0 aliphatic heterocycles. The average molecular weight is 328 g/mol. The van der Waals surface area contributed by atoms with Gasteiger partial charge in [-0.25, -0.2) is 0 Å². The van der Waals surface area contributed by atoms with E-state index in [0.29, 0.717) is 28.9 Å². The lowest BCUT2D eigenvalue weighted by molar-refractivity contribution is 0.0918. The quantitative estimate of drug-likeness (QED) is 0.452. The normalized spacial score (nSPS) is 10.4. The van der Waals surface area contributed by atoms with Crippen LogP contribution in [0.3, 0.4) is 0 Å². The van der Waals surface area contributed by atoms with E-state index in [1.54, 1.807) is 31.4 Å². The highest BCUT2D eigenvalue weighted by Gasteiger charge is 2.12. The summed E-state index contributed by atoms with van der Waals surface area (Å²) in [6.45, 7) is 1.06. The molecule has 21 heavy (non-hydrogen) atoms. The highest BCUT2D eigenvalue weighted by atomic mass is 35.5. The number of ether oxygens (including phenoxy) is 1. The molecule has 0 aliphatic rings. The molecule has 0 atom stereocenters. The predicted octanol–water partition coefficient (Wildman–Crippen LogP) is 1.84. The Morgan fingerprint density at radius 3 is 2.95 bits per heavy atom. The van der Waals surface area contributed by atoms with Gasteiger partial charge in [-0.3, -0.25) is 15.6 Å². The fourth-order valence-corrected chi connectivity index (χ4v) is 1.95. The van der Waals surface area contributed by atoms with Crippen LogP contribution in [-0.2, 0) is 4.74 Å². The second-order valence-electron chi connectivity index (χ2n) is 4.12. The zero-order valence-corrected chi connectivity index (χ0v) is 12.8. The van der Waals surface area contributed by atoms with Crippen molar-refractivity contribution in [3.63, 3.8) is 0 Å². The second kappa shape index (κ2) is 7.26. The van der Waals surface area contributed by atoms with E-state index < -0.39 is 5.91 Å². The first-order chi connectivity index (χ1) is 10.1. The van der Waals surface area contributed by atoms with E-state index >= 15 is 0 Å². The van der Waals surface area contributed by atoms with Crippen LogP contribution in [0.1, 0.15) is 10.6 Å². The Morgan fingerprint density at radius 2 is 2.19 bits per heavy atom. The molecule has 1 heterocycles. The zero-order chi connectivity index (χ0) is 15.2. The first-order valence-corrected chi connectivity index (χ1v) is 6.91. The molecule has 0 unspecified atom stereocenters. The summed E-state index contributed by atoms with van der Waals surface area (Å²) in [6, 6.07) is 6.74. The van der Waals surface area contributed by atoms with E-state index in [1.807, 2.05) is 0 Å². The number of fused-ring (bicyclic) bond motifs is 1. The predicted molar refractivity (Wildman–Crippen MR) is 84.3 cm³/mol. The van der Waals surface area contributed by atoms with Gasteiger partial charge >= 0.3 is 5.91 Å². The van der Waals surface area contributed by atoms with E-state index in [4.69, 9.17) is 33.0 Å². The molecule has 0 fully saturated rings. The Labute approximate surface area is 131 Å². The molecule has 1 amide bonds. The zero-order valence-electron chi connectivity index (χ0n) is 11.2. The number of methoxy groups -OCH3 is 1. The van der Waals surface area contributed by atoms with Crippen molar-refractivity contribution in [1.29, 1.82) is 0 Å². The van der Waals surface area contributed by atoms with Crippen molar-refractivity contribution in [1.82, 2.24) is 16.2 Å². The van der Waals surface area contributed by atoms with Gasteiger partial charge in [0.15, 0.2) is 10.9 Å². The topological polar surface area (TPSA) is 75.5 Å². The summed E-state index contributed by atoms with van der Waals surface area (Å²) in [6.07, 6.45) is 0. The van der Waals surface area contributed by atoms with Crippen molar-refractivity contribution in [2.75, 3.05) is 20.3 Å². The lowest BCUT2D eigenvalue weighted by atomic mass is 10.2. The number of thiocarbonyl (C=S) groups is 1. The van der Waals surface area contributed by atoms with Crippen LogP contribution < -0.4 is 16.2 Å². The van der Waals surface area contributed by atoms with Crippen LogP contribution in [0, 0.1) is 0 Å². The lowest BCUT2D eigenvalue weighted by Gasteiger charge is -2.10. The van der Waals surface area contributed by atoms with Gasteiger partial charge in [-0.2, -0.15) is 0 Å². The molecule has 8 heteroatoms. The molecule has 0 bridgehead atoms. The summed E-state index contributed by atoms with van der Waals surface area (Å²) in [4.78, 5) is 11.9. The summed E-state index contributed by atoms with van der Waals surface area (Å²) in [5.41, 5.74) is 5.60. The Balaban J connectivity index is 1.91. The van der Waals surface area contributed by atoms with Crippen LogP contribution >= 0.6 is 23.8 Å². The number of rotatable bonds is 4. The molecular weight excluding hydrogens is 314 g/mol. The molecule has 112 valence electrons. The van der Waals surface area contributed by atoms with Gasteiger partial charge in [0.25, 0.3) is 0 Å². The number of furan rings is 1. The minimum Gasteiger partial charge on any atom is -0.451 e. The first kappa shape index (κ1) is 15.6. The number of hydrazine groups is 1. The SMILES string of the molecule is COCCNC(=S)NNC(=O)c1cc2cc(Cl)ccc2o1. The van der Waals surface area contributed by atoms with Crippen molar-refractivity contribution < 1.29 is 13.9 Å². The number of amides is 1. The second-order valence-corrected chi connectivity index (χ2v) is 4.97. The summed E-state index contributed by atoms with van der Waals surface area (Å²) < 4.78 is 10.3. The summed E-state index contributed by atoms with van der Waals surface area (Å²) in [5.74, 6) is -0.266. The molecule has 1 aromatic heterocycles. The molecule has 1 aromatic carbocycles. The van der Waals surface area contributed by atoms with Crippen molar-refractivity contribution in [2.24, 2.45) is 0 Å². The van der Waals surface area contributed by atoms with Gasteiger partial charge in [0, 0.05) is 24.1 Å². The Morgan fingerprint density at radius 1 is 1.38 bits per heavy atom. The number of carbonyl (C=O) groups excluding carboxylic acids is 1. The number of benzene rings is 1. The number of hydrogen-bond acceptors (Lipinski definition) is 4. The maximum Gasteiger partial charge on any atom is 0.305 e. The van der Waals surface area contributed by atoms with E-state index in [1.165, 1.54) is 0 Å². The average Bonchev–Trinajstić information content (AvgIpc) is 2.88. The van der Waals surface area contributed by atoms with Crippen LogP contribution in [0.2, 0.25) is 5.02 Å². The Hall–Kier alpha value is -1.83. The molecule has 6 nitrogen and oxygen atoms in total.